The van der Waals surface area contributed by atoms with E-state index in [1.54, 1.807) is 11.1 Å². The second-order valence-electron chi connectivity index (χ2n) is 6.30. The molecule has 3 rings (SSSR count). The number of furan rings is 1. The lowest BCUT2D eigenvalue weighted by Gasteiger charge is -2.24. The van der Waals surface area contributed by atoms with Gasteiger partial charge in [-0.15, -0.1) is 0 Å². The highest BCUT2D eigenvalue weighted by Crippen LogP contribution is 2.28. The number of carbonyl (C=O) groups excluding carboxylic acids is 1. The van der Waals surface area contributed by atoms with Gasteiger partial charge < -0.3 is 9.32 Å². The molecular formula is C20H22N2O2. The maximum Gasteiger partial charge on any atom is 0.289 e. The second kappa shape index (κ2) is 6.48. The highest BCUT2D eigenvalue weighted by Gasteiger charge is 2.24. The van der Waals surface area contributed by atoms with E-state index >= 15 is 0 Å². The number of nitrogens with zero attached hydrogens (tertiary/aromatic N) is 2. The van der Waals surface area contributed by atoms with Gasteiger partial charge in [-0.25, -0.2) is 0 Å². The lowest BCUT2D eigenvalue weighted by molar-refractivity contribution is 0.0712. The first-order chi connectivity index (χ1) is 11.5. The summed E-state index contributed by atoms with van der Waals surface area (Å²) in [6, 6.07) is 11.8. The van der Waals surface area contributed by atoms with E-state index in [1.807, 2.05) is 64.2 Å². The summed E-state index contributed by atoms with van der Waals surface area (Å²) < 4.78 is 5.91. The van der Waals surface area contributed by atoms with Crippen LogP contribution < -0.4 is 0 Å². The summed E-state index contributed by atoms with van der Waals surface area (Å²) in [6.45, 7) is 5.96. The predicted molar refractivity (Wildman–Crippen MR) is 95.2 cm³/mol. The number of aryl methyl sites for hydroxylation is 2. The van der Waals surface area contributed by atoms with Gasteiger partial charge in [-0.05, 0) is 38.5 Å². The predicted octanol–water partition coefficient (Wildman–Crippen LogP) is 4.15. The number of benzene rings is 1. The maximum absolute atomic E-state index is 12.9. The molecule has 0 aliphatic heterocycles. The highest BCUT2D eigenvalue weighted by atomic mass is 16.3. The summed E-state index contributed by atoms with van der Waals surface area (Å²) >= 11 is 0. The van der Waals surface area contributed by atoms with Gasteiger partial charge in [0, 0.05) is 42.4 Å². The van der Waals surface area contributed by atoms with Crippen LogP contribution in [0.1, 0.15) is 34.3 Å². The Kier molecular flexibility index (Phi) is 4.38. The van der Waals surface area contributed by atoms with E-state index in [0.29, 0.717) is 12.2 Å². The monoisotopic (exact) mass is 322 g/mol. The molecule has 0 saturated carbocycles. The summed E-state index contributed by atoms with van der Waals surface area (Å²) in [4.78, 5) is 19.0. The van der Waals surface area contributed by atoms with Crippen molar-refractivity contribution < 1.29 is 9.21 Å². The smallest absolute Gasteiger partial charge is 0.289 e. The SMILES string of the molecule is Cc1c(C(=O)N(C)[C@H](C)Cc2ccccn2)oc2c(C)cccc12. The summed E-state index contributed by atoms with van der Waals surface area (Å²) in [6.07, 6.45) is 2.48. The van der Waals surface area contributed by atoms with E-state index in [0.717, 1.165) is 27.8 Å². The average Bonchev–Trinajstić information content (AvgIpc) is 2.93. The second-order valence-corrected chi connectivity index (χ2v) is 6.30. The zero-order chi connectivity index (χ0) is 17.3. The van der Waals surface area contributed by atoms with E-state index in [9.17, 15) is 4.79 Å². The lowest BCUT2D eigenvalue weighted by atomic mass is 10.1. The molecule has 0 aliphatic carbocycles. The third-order valence-electron chi connectivity index (χ3n) is 4.57. The Bertz CT molecular complexity index is 868. The van der Waals surface area contributed by atoms with Crippen LogP contribution in [0, 0.1) is 13.8 Å². The number of carbonyl (C=O) groups is 1. The Labute approximate surface area is 142 Å². The summed E-state index contributed by atoms with van der Waals surface area (Å²) in [5.74, 6) is 0.334. The Morgan fingerprint density at radius 3 is 2.67 bits per heavy atom. The Balaban J connectivity index is 1.85. The molecule has 4 heteroatoms. The van der Waals surface area contributed by atoms with Crippen LogP contribution in [0.15, 0.2) is 47.0 Å². The van der Waals surface area contributed by atoms with Crippen molar-refractivity contribution in [2.24, 2.45) is 0 Å². The van der Waals surface area contributed by atoms with E-state index in [1.165, 1.54) is 0 Å². The molecule has 0 bridgehead atoms. The van der Waals surface area contributed by atoms with Crippen LogP contribution in [0.4, 0.5) is 0 Å². The van der Waals surface area contributed by atoms with Crippen LogP contribution in [0.2, 0.25) is 0 Å². The zero-order valence-electron chi connectivity index (χ0n) is 14.5. The van der Waals surface area contributed by atoms with E-state index in [-0.39, 0.29) is 11.9 Å². The molecule has 0 spiro atoms. The van der Waals surface area contributed by atoms with Crippen LogP contribution in [-0.2, 0) is 6.42 Å². The fourth-order valence-corrected chi connectivity index (χ4v) is 2.91. The largest absolute Gasteiger partial charge is 0.450 e. The molecule has 0 N–H and O–H groups in total. The number of rotatable bonds is 4. The molecule has 2 aromatic heterocycles. The maximum atomic E-state index is 12.9. The molecular weight excluding hydrogens is 300 g/mol. The highest BCUT2D eigenvalue weighted by molar-refractivity contribution is 5.99. The first-order valence-corrected chi connectivity index (χ1v) is 8.15. The quantitative estimate of drug-likeness (QED) is 0.725. The molecule has 0 aliphatic rings. The van der Waals surface area contributed by atoms with Gasteiger partial charge in [0.2, 0.25) is 0 Å². The van der Waals surface area contributed by atoms with Crippen LogP contribution in [-0.4, -0.2) is 28.9 Å². The standard InChI is InChI=1S/C20H22N2O2/c1-13-8-7-10-17-15(3)19(24-18(13)17)20(23)22(4)14(2)12-16-9-5-6-11-21-16/h5-11,14H,12H2,1-4H3/t14-/m1/s1. The van der Waals surface area contributed by atoms with Crippen molar-refractivity contribution in [3.8, 4) is 0 Å². The lowest BCUT2D eigenvalue weighted by Crippen LogP contribution is -2.36. The van der Waals surface area contributed by atoms with Gasteiger partial charge >= 0.3 is 0 Å². The number of para-hydroxylation sites is 1. The summed E-state index contributed by atoms with van der Waals surface area (Å²) in [5, 5.41) is 1.00. The van der Waals surface area contributed by atoms with Gasteiger partial charge in [0.15, 0.2) is 5.76 Å². The topological polar surface area (TPSA) is 46.3 Å². The number of hydrogen-bond donors (Lipinski definition) is 0. The van der Waals surface area contributed by atoms with E-state index in [4.69, 9.17) is 4.42 Å². The van der Waals surface area contributed by atoms with Gasteiger partial charge in [0.05, 0.1) is 0 Å². The molecule has 0 fully saturated rings. The van der Waals surface area contributed by atoms with Crippen molar-refractivity contribution >= 4 is 16.9 Å². The minimum Gasteiger partial charge on any atom is -0.450 e. The fourth-order valence-electron chi connectivity index (χ4n) is 2.91. The molecule has 2 heterocycles. The molecule has 0 saturated heterocycles. The summed E-state index contributed by atoms with van der Waals surface area (Å²) in [5.41, 5.74) is 3.71. The van der Waals surface area contributed by atoms with Crippen LogP contribution in [0.5, 0.6) is 0 Å². The molecule has 0 radical (unpaired) electrons. The zero-order valence-corrected chi connectivity index (χ0v) is 14.5. The molecule has 0 unspecified atom stereocenters. The number of fused-ring (bicyclic) bond motifs is 1. The molecule has 3 aromatic rings. The molecule has 24 heavy (non-hydrogen) atoms. The Morgan fingerprint density at radius 1 is 1.21 bits per heavy atom. The first kappa shape index (κ1) is 16.2. The Morgan fingerprint density at radius 2 is 2.00 bits per heavy atom. The van der Waals surface area contributed by atoms with Crippen molar-refractivity contribution in [3.05, 3.63) is 65.2 Å². The number of aromatic nitrogens is 1. The normalized spacial score (nSPS) is 12.3. The molecule has 124 valence electrons. The van der Waals surface area contributed by atoms with Crippen molar-refractivity contribution in [1.82, 2.24) is 9.88 Å². The number of pyridine rings is 1. The van der Waals surface area contributed by atoms with Crippen LogP contribution in [0.25, 0.3) is 11.0 Å². The molecule has 1 aromatic carbocycles. The minimum atomic E-state index is -0.0912. The van der Waals surface area contributed by atoms with Gasteiger partial charge in [-0.3, -0.25) is 9.78 Å². The summed E-state index contributed by atoms with van der Waals surface area (Å²) in [7, 11) is 1.81. The molecule has 4 nitrogen and oxygen atoms in total. The van der Waals surface area contributed by atoms with E-state index < -0.39 is 0 Å². The number of amides is 1. The van der Waals surface area contributed by atoms with Crippen molar-refractivity contribution in [2.75, 3.05) is 7.05 Å². The molecule has 1 atom stereocenters. The molecule has 1 amide bonds. The minimum absolute atomic E-state index is 0.0288. The van der Waals surface area contributed by atoms with Gasteiger partial charge in [-0.1, -0.05) is 24.3 Å². The number of hydrogen-bond acceptors (Lipinski definition) is 3. The van der Waals surface area contributed by atoms with E-state index in [2.05, 4.69) is 4.98 Å². The Hall–Kier alpha value is -2.62. The third kappa shape index (κ3) is 2.92. The average molecular weight is 322 g/mol. The first-order valence-electron chi connectivity index (χ1n) is 8.15. The third-order valence-corrected chi connectivity index (χ3v) is 4.57. The number of likely N-dealkylation sites (N-methyl/N-ethyl adjacent to an activating group) is 1. The van der Waals surface area contributed by atoms with Crippen molar-refractivity contribution in [2.45, 2.75) is 33.2 Å². The van der Waals surface area contributed by atoms with Crippen LogP contribution in [0.3, 0.4) is 0 Å². The van der Waals surface area contributed by atoms with Crippen molar-refractivity contribution in [3.63, 3.8) is 0 Å². The van der Waals surface area contributed by atoms with Gasteiger partial charge in [-0.2, -0.15) is 0 Å². The van der Waals surface area contributed by atoms with Crippen molar-refractivity contribution in [1.29, 1.82) is 0 Å². The van der Waals surface area contributed by atoms with Gasteiger partial charge in [0.1, 0.15) is 5.58 Å². The fraction of sp³-hybridized carbons (Fsp3) is 0.300. The van der Waals surface area contributed by atoms with Gasteiger partial charge in [0.25, 0.3) is 5.91 Å². The van der Waals surface area contributed by atoms with Crippen LogP contribution >= 0.6 is 0 Å².